The second kappa shape index (κ2) is 7.10. The standard InChI is InChI=1S/C15H17NO7/c1-2-22-15(21)12-11(23-12)13(18)16-10(14(19)20)7-8-3-5-9(17)6-4-8/h3-6,10-12,17H,2,7H2,1H3,(H,16,18)(H,19,20). The molecule has 1 saturated heterocycles. The molecule has 0 saturated carbocycles. The molecule has 124 valence electrons. The first-order valence-corrected chi connectivity index (χ1v) is 7.05. The van der Waals surface area contributed by atoms with E-state index >= 15 is 0 Å². The fourth-order valence-corrected chi connectivity index (χ4v) is 2.04. The number of carboxylic acid groups (broad SMARTS) is 1. The van der Waals surface area contributed by atoms with Crippen LogP contribution in [0.15, 0.2) is 24.3 Å². The largest absolute Gasteiger partial charge is 0.508 e. The van der Waals surface area contributed by atoms with Crippen LogP contribution in [0.4, 0.5) is 0 Å². The summed E-state index contributed by atoms with van der Waals surface area (Å²) < 4.78 is 9.65. The van der Waals surface area contributed by atoms with E-state index in [9.17, 15) is 24.6 Å². The highest BCUT2D eigenvalue weighted by Gasteiger charge is 2.52. The fraction of sp³-hybridized carbons (Fsp3) is 0.400. The number of phenolic OH excluding ortho intramolecular Hbond substituents is 1. The number of esters is 1. The molecule has 0 radical (unpaired) electrons. The summed E-state index contributed by atoms with van der Waals surface area (Å²) in [6.45, 7) is 1.80. The van der Waals surface area contributed by atoms with Crippen molar-refractivity contribution in [3.63, 3.8) is 0 Å². The average molecular weight is 323 g/mol. The predicted octanol–water partition coefficient (Wildman–Crippen LogP) is -0.165. The van der Waals surface area contributed by atoms with Gasteiger partial charge in [0.1, 0.15) is 11.8 Å². The molecule has 1 aliphatic rings. The minimum Gasteiger partial charge on any atom is -0.508 e. The normalized spacial score (nSPS) is 20.4. The molecule has 1 aliphatic heterocycles. The van der Waals surface area contributed by atoms with Crippen molar-refractivity contribution < 1.29 is 34.1 Å². The van der Waals surface area contributed by atoms with E-state index in [4.69, 9.17) is 9.47 Å². The first-order valence-electron chi connectivity index (χ1n) is 7.05. The van der Waals surface area contributed by atoms with E-state index in [2.05, 4.69) is 5.32 Å². The lowest BCUT2D eigenvalue weighted by Gasteiger charge is -2.14. The molecule has 1 fully saturated rings. The molecule has 3 atom stereocenters. The molecule has 3 N–H and O–H groups in total. The Labute approximate surface area is 132 Å². The number of benzene rings is 1. The minimum atomic E-state index is -1.21. The van der Waals surface area contributed by atoms with Gasteiger partial charge in [-0.15, -0.1) is 0 Å². The topological polar surface area (TPSA) is 125 Å². The Kier molecular flexibility index (Phi) is 5.17. The number of rotatable bonds is 7. The third kappa shape index (κ3) is 4.43. The third-order valence-electron chi connectivity index (χ3n) is 3.26. The highest BCUT2D eigenvalue weighted by Crippen LogP contribution is 2.24. The van der Waals surface area contributed by atoms with Crippen molar-refractivity contribution in [2.75, 3.05) is 6.61 Å². The van der Waals surface area contributed by atoms with Crippen molar-refractivity contribution in [2.45, 2.75) is 31.6 Å². The van der Waals surface area contributed by atoms with Gasteiger partial charge in [0.15, 0.2) is 12.2 Å². The number of phenols is 1. The summed E-state index contributed by atoms with van der Waals surface area (Å²) in [5.41, 5.74) is 0.633. The van der Waals surface area contributed by atoms with Crippen LogP contribution in [0.1, 0.15) is 12.5 Å². The number of hydrogen-bond acceptors (Lipinski definition) is 6. The maximum atomic E-state index is 11.9. The lowest BCUT2D eigenvalue weighted by atomic mass is 10.1. The van der Waals surface area contributed by atoms with Crippen LogP contribution in [0.3, 0.4) is 0 Å². The Morgan fingerprint density at radius 2 is 1.91 bits per heavy atom. The van der Waals surface area contributed by atoms with Crippen molar-refractivity contribution in [2.24, 2.45) is 0 Å². The number of epoxide rings is 1. The summed E-state index contributed by atoms with van der Waals surface area (Å²) in [6.07, 6.45) is -1.95. The number of aliphatic carboxylic acids is 1. The molecule has 1 amide bonds. The van der Waals surface area contributed by atoms with Crippen LogP contribution >= 0.6 is 0 Å². The van der Waals surface area contributed by atoms with Gasteiger partial charge in [-0.25, -0.2) is 9.59 Å². The van der Waals surface area contributed by atoms with Gasteiger partial charge in [-0.1, -0.05) is 12.1 Å². The van der Waals surface area contributed by atoms with E-state index < -0.39 is 36.1 Å². The van der Waals surface area contributed by atoms with E-state index in [0.717, 1.165) is 0 Å². The number of carbonyl (C=O) groups is 3. The van der Waals surface area contributed by atoms with Gasteiger partial charge in [0.05, 0.1) is 6.61 Å². The van der Waals surface area contributed by atoms with Gasteiger partial charge in [-0.2, -0.15) is 0 Å². The molecule has 23 heavy (non-hydrogen) atoms. The highest BCUT2D eigenvalue weighted by molar-refractivity contribution is 5.94. The molecule has 0 bridgehead atoms. The maximum Gasteiger partial charge on any atom is 0.338 e. The Morgan fingerprint density at radius 1 is 1.26 bits per heavy atom. The van der Waals surface area contributed by atoms with Crippen molar-refractivity contribution in [1.82, 2.24) is 5.32 Å². The Hall–Kier alpha value is -2.61. The number of aromatic hydroxyl groups is 1. The number of carboxylic acids is 1. The number of ether oxygens (including phenoxy) is 2. The molecule has 8 nitrogen and oxygen atoms in total. The summed E-state index contributed by atoms with van der Waals surface area (Å²) >= 11 is 0. The lowest BCUT2D eigenvalue weighted by Crippen LogP contribution is -2.44. The van der Waals surface area contributed by atoms with Crippen molar-refractivity contribution in [3.8, 4) is 5.75 Å². The summed E-state index contributed by atoms with van der Waals surface area (Å²) in [7, 11) is 0. The average Bonchev–Trinajstić information content (AvgIpc) is 3.29. The quantitative estimate of drug-likeness (QED) is 0.470. The van der Waals surface area contributed by atoms with Gasteiger partial charge in [-0.05, 0) is 24.6 Å². The first kappa shape index (κ1) is 16.8. The van der Waals surface area contributed by atoms with E-state index in [1.807, 2.05) is 0 Å². The monoisotopic (exact) mass is 323 g/mol. The first-order chi connectivity index (χ1) is 10.9. The third-order valence-corrected chi connectivity index (χ3v) is 3.26. The number of carbonyl (C=O) groups excluding carboxylic acids is 2. The summed E-state index contributed by atoms with van der Waals surface area (Å²) in [5, 5.41) is 20.7. The van der Waals surface area contributed by atoms with Crippen LogP contribution < -0.4 is 5.32 Å². The smallest absolute Gasteiger partial charge is 0.338 e. The molecule has 3 unspecified atom stereocenters. The van der Waals surface area contributed by atoms with Crippen LogP contribution in [-0.4, -0.2) is 52.9 Å². The summed E-state index contributed by atoms with van der Waals surface area (Å²) in [6, 6.07) is 4.81. The van der Waals surface area contributed by atoms with Crippen LogP contribution in [-0.2, 0) is 30.3 Å². The van der Waals surface area contributed by atoms with E-state index in [1.54, 1.807) is 19.1 Å². The van der Waals surface area contributed by atoms with Crippen molar-refractivity contribution in [1.29, 1.82) is 0 Å². The lowest BCUT2D eigenvalue weighted by molar-refractivity contribution is -0.144. The second-order valence-corrected chi connectivity index (χ2v) is 5.00. The number of amides is 1. The van der Waals surface area contributed by atoms with Crippen LogP contribution in [0, 0.1) is 0 Å². The summed E-state index contributed by atoms with van der Waals surface area (Å²) in [5.74, 6) is -2.46. The number of nitrogens with one attached hydrogen (secondary N) is 1. The van der Waals surface area contributed by atoms with Crippen LogP contribution in [0.5, 0.6) is 5.75 Å². The van der Waals surface area contributed by atoms with Crippen molar-refractivity contribution in [3.05, 3.63) is 29.8 Å². The molecule has 0 spiro atoms. The fourth-order valence-electron chi connectivity index (χ4n) is 2.04. The zero-order valence-corrected chi connectivity index (χ0v) is 12.4. The van der Waals surface area contributed by atoms with Gasteiger partial charge in [0, 0.05) is 6.42 Å². The molecule has 0 aliphatic carbocycles. The zero-order valence-electron chi connectivity index (χ0n) is 12.4. The summed E-state index contributed by atoms with van der Waals surface area (Å²) in [4.78, 5) is 34.6. The van der Waals surface area contributed by atoms with E-state index in [0.29, 0.717) is 5.56 Å². The molecular formula is C15H17NO7. The van der Waals surface area contributed by atoms with Gasteiger partial charge in [-0.3, -0.25) is 4.79 Å². The molecule has 2 rings (SSSR count). The maximum absolute atomic E-state index is 11.9. The Balaban J connectivity index is 1.92. The molecule has 8 heteroatoms. The SMILES string of the molecule is CCOC(=O)C1OC1C(=O)NC(Cc1ccc(O)cc1)C(=O)O. The second-order valence-electron chi connectivity index (χ2n) is 5.00. The molecule has 1 heterocycles. The van der Waals surface area contributed by atoms with Gasteiger partial charge >= 0.3 is 11.9 Å². The zero-order chi connectivity index (χ0) is 17.0. The van der Waals surface area contributed by atoms with Crippen molar-refractivity contribution >= 4 is 17.8 Å². The van der Waals surface area contributed by atoms with Gasteiger partial charge in [0.2, 0.25) is 0 Å². The van der Waals surface area contributed by atoms with E-state index in [1.165, 1.54) is 12.1 Å². The number of hydrogen-bond donors (Lipinski definition) is 3. The van der Waals surface area contributed by atoms with Crippen LogP contribution in [0.2, 0.25) is 0 Å². The van der Waals surface area contributed by atoms with Crippen LogP contribution in [0.25, 0.3) is 0 Å². The molecule has 0 aromatic heterocycles. The van der Waals surface area contributed by atoms with E-state index in [-0.39, 0.29) is 18.8 Å². The Morgan fingerprint density at radius 3 is 2.48 bits per heavy atom. The van der Waals surface area contributed by atoms with Gasteiger partial charge < -0.3 is 25.0 Å². The molecular weight excluding hydrogens is 306 g/mol. The Bertz CT molecular complexity index is 598. The predicted molar refractivity (Wildman–Crippen MR) is 76.7 cm³/mol. The highest BCUT2D eigenvalue weighted by atomic mass is 16.6. The molecule has 1 aromatic carbocycles. The van der Waals surface area contributed by atoms with Gasteiger partial charge in [0.25, 0.3) is 5.91 Å². The minimum absolute atomic E-state index is 0.0398. The molecule has 1 aromatic rings.